The maximum absolute atomic E-state index is 12.1. The van der Waals surface area contributed by atoms with Gasteiger partial charge in [-0.25, -0.2) is 5.43 Å². The van der Waals surface area contributed by atoms with Gasteiger partial charge in [-0.05, 0) is 17.7 Å². The van der Waals surface area contributed by atoms with Crippen LogP contribution in [0.25, 0.3) is 0 Å². The van der Waals surface area contributed by atoms with Gasteiger partial charge in [0.1, 0.15) is 0 Å². The van der Waals surface area contributed by atoms with E-state index in [9.17, 15) is 4.79 Å². The van der Waals surface area contributed by atoms with Crippen LogP contribution in [0.1, 0.15) is 28.8 Å². The fourth-order valence-corrected chi connectivity index (χ4v) is 2.82. The Morgan fingerprint density at radius 2 is 1.71 bits per heavy atom. The minimum absolute atomic E-state index is 0.257. The predicted molar refractivity (Wildman–Crippen MR) is 96.7 cm³/mol. The van der Waals surface area contributed by atoms with Gasteiger partial charge < -0.3 is 5.73 Å². The van der Waals surface area contributed by atoms with Gasteiger partial charge in [0.2, 0.25) is 0 Å². The van der Waals surface area contributed by atoms with Gasteiger partial charge in [0.25, 0.3) is 5.91 Å². The Kier molecular flexibility index (Phi) is 5.23. The van der Waals surface area contributed by atoms with E-state index in [-0.39, 0.29) is 5.91 Å². The zero-order valence-electron chi connectivity index (χ0n) is 13.6. The summed E-state index contributed by atoms with van der Waals surface area (Å²) in [7, 11) is 0. The number of nitrogens with one attached hydrogen (secondary N) is 1. The molecule has 0 atom stereocenters. The van der Waals surface area contributed by atoms with Gasteiger partial charge in [-0.3, -0.25) is 9.69 Å². The molecule has 24 heavy (non-hydrogen) atoms. The van der Waals surface area contributed by atoms with Gasteiger partial charge in [-0.15, -0.1) is 0 Å². The number of nitrogens with zero attached hydrogens (tertiary/aromatic N) is 2. The summed E-state index contributed by atoms with van der Waals surface area (Å²) in [6.07, 6.45) is 1.74. The number of hydrogen-bond acceptors (Lipinski definition) is 4. The SMILES string of the molecule is Nc1ccccc1C(=O)NN=C1CCN(Cc2ccccc2)CC1. The molecule has 0 aromatic heterocycles. The van der Waals surface area contributed by atoms with Crippen LogP contribution in [0.4, 0.5) is 5.69 Å². The minimum Gasteiger partial charge on any atom is -0.398 e. The molecule has 1 aliphatic heterocycles. The number of anilines is 1. The van der Waals surface area contributed by atoms with Crippen LogP contribution in [-0.4, -0.2) is 29.6 Å². The van der Waals surface area contributed by atoms with Crippen molar-refractivity contribution in [1.82, 2.24) is 10.3 Å². The van der Waals surface area contributed by atoms with E-state index in [2.05, 4.69) is 39.7 Å². The van der Waals surface area contributed by atoms with E-state index in [0.29, 0.717) is 11.3 Å². The van der Waals surface area contributed by atoms with Gasteiger partial charge in [-0.2, -0.15) is 5.10 Å². The maximum Gasteiger partial charge on any atom is 0.273 e. The number of amides is 1. The smallest absolute Gasteiger partial charge is 0.273 e. The fraction of sp³-hybridized carbons (Fsp3) is 0.263. The average molecular weight is 322 g/mol. The van der Waals surface area contributed by atoms with Crippen molar-refractivity contribution in [3.8, 4) is 0 Å². The zero-order chi connectivity index (χ0) is 16.8. The van der Waals surface area contributed by atoms with E-state index in [1.54, 1.807) is 24.3 Å². The molecule has 3 N–H and O–H groups in total. The Labute approximate surface area is 142 Å². The topological polar surface area (TPSA) is 70.7 Å². The van der Waals surface area contributed by atoms with Crippen molar-refractivity contribution in [1.29, 1.82) is 0 Å². The highest BCUT2D eigenvalue weighted by Gasteiger charge is 2.16. The molecule has 2 aromatic carbocycles. The van der Waals surface area contributed by atoms with E-state index in [4.69, 9.17) is 5.73 Å². The highest BCUT2D eigenvalue weighted by atomic mass is 16.2. The summed E-state index contributed by atoms with van der Waals surface area (Å²) in [6.45, 7) is 2.87. The van der Waals surface area contributed by atoms with Crippen molar-refractivity contribution in [3.05, 3.63) is 65.7 Å². The minimum atomic E-state index is -0.257. The standard InChI is InChI=1S/C19H22N4O/c20-18-9-5-4-8-17(18)19(24)22-21-16-10-12-23(13-11-16)14-15-6-2-1-3-7-15/h1-9H,10-14,20H2,(H,22,24). The Hall–Kier alpha value is -2.66. The van der Waals surface area contributed by atoms with Crippen molar-refractivity contribution in [2.45, 2.75) is 19.4 Å². The summed E-state index contributed by atoms with van der Waals surface area (Å²) in [5.74, 6) is -0.257. The van der Waals surface area contributed by atoms with Crippen LogP contribution in [0.15, 0.2) is 59.7 Å². The summed E-state index contributed by atoms with van der Waals surface area (Å²) >= 11 is 0. The second-order valence-corrected chi connectivity index (χ2v) is 5.97. The molecule has 0 spiro atoms. The van der Waals surface area contributed by atoms with Crippen LogP contribution >= 0.6 is 0 Å². The third kappa shape index (κ3) is 4.20. The lowest BCUT2D eigenvalue weighted by Crippen LogP contribution is -2.34. The van der Waals surface area contributed by atoms with Crippen molar-refractivity contribution < 1.29 is 4.79 Å². The lowest BCUT2D eigenvalue weighted by molar-refractivity contribution is 0.0955. The number of benzene rings is 2. The van der Waals surface area contributed by atoms with Crippen LogP contribution in [0.5, 0.6) is 0 Å². The molecule has 0 bridgehead atoms. The number of nitrogens with two attached hydrogens (primary N) is 1. The van der Waals surface area contributed by atoms with Crippen LogP contribution in [0.2, 0.25) is 0 Å². The first-order chi connectivity index (χ1) is 11.7. The quantitative estimate of drug-likeness (QED) is 0.671. The molecule has 1 heterocycles. The number of para-hydroxylation sites is 1. The zero-order valence-corrected chi connectivity index (χ0v) is 13.6. The van der Waals surface area contributed by atoms with Crippen LogP contribution < -0.4 is 11.2 Å². The van der Waals surface area contributed by atoms with E-state index >= 15 is 0 Å². The second-order valence-electron chi connectivity index (χ2n) is 5.97. The molecule has 0 saturated carbocycles. The molecule has 0 radical (unpaired) electrons. The molecule has 0 aliphatic carbocycles. The summed E-state index contributed by atoms with van der Waals surface area (Å²) in [5, 5.41) is 4.28. The molecule has 5 heteroatoms. The lowest BCUT2D eigenvalue weighted by atomic mass is 10.1. The molecule has 3 rings (SSSR count). The van der Waals surface area contributed by atoms with Gasteiger partial charge in [0.15, 0.2) is 0 Å². The Morgan fingerprint density at radius 1 is 1.04 bits per heavy atom. The number of hydrazone groups is 1. The summed E-state index contributed by atoms with van der Waals surface area (Å²) < 4.78 is 0. The Bertz CT molecular complexity index is 717. The van der Waals surface area contributed by atoms with Crippen molar-refractivity contribution in [3.63, 3.8) is 0 Å². The summed E-state index contributed by atoms with van der Waals surface area (Å²) in [4.78, 5) is 14.5. The van der Waals surface area contributed by atoms with E-state index < -0.39 is 0 Å². The van der Waals surface area contributed by atoms with E-state index in [1.165, 1.54) is 5.56 Å². The molecular formula is C19H22N4O. The number of rotatable bonds is 4. The van der Waals surface area contributed by atoms with Gasteiger partial charge in [0.05, 0.1) is 5.56 Å². The molecule has 1 amide bonds. The van der Waals surface area contributed by atoms with Crippen molar-refractivity contribution in [2.24, 2.45) is 5.10 Å². The predicted octanol–water partition coefficient (Wildman–Crippen LogP) is 2.65. The second kappa shape index (κ2) is 7.75. The molecule has 2 aromatic rings. The average Bonchev–Trinajstić information content (AvgIpc) is 2.62. The van der Waals surface area contributed by atoms with Gasteiger partial charge >= 0.3 is 0 Å². The number of likely N-dealkylation sites (tertiary alicyclic amines) is 1. The van der Waals surface area contributed by atoms with Crippen LogP contribution in [0, 0.1) is 0 Å². The maximum atomic E-state index is 12.1. The number of piperidine rings is 1. The fourth-order valence-electron chi connectivity index (χ4n) is 2.82. The first-order valence-corrected chi connectivity index (χ1v) is 8.19. The lowest BCUT2D eigenvalue weighted by Gasteiger charge is -2.27. The molecule has 1 aliphatic rings. The molecular weight excluding hydrogens is 300 g/mol. The number of carbonyl (C=O) groups excluding carboxylic acids is 1. The van der Waals surface area contributed by atoms with Crippen LogP contribution in [-0.2, 0) is 6.54 Å². The van der Waals surface area contributed by atoms with Crippen molar-refractivity contribution >= 4 is 17.3 Å². The van der Waals surface area contributed by atoms with Crippen LogP contribution in [0.3, 0.4) is 0 Å². The van der Waals surface area contributed by atoms with Gasteiger partial charge in [0, 0.05) is 43.9 Å². The van der Waals surface area contributed by atoms with Gasteiger partial charge in [-0.1, -0.05) is 42.5 Å². The highest BCUT2D eigenvalue weighted by Crippen LogP contribution is 2.13. The molecule has 124 valence electrons. The first kappa shape index (κ1) is 16.2. The Morgan fingerprint density at radius 3 is 2.42 bits per heavy atom. The molecule has 0 unspecified atom stereocenters. The third-order valence-corrected chi connectivity index (χ3v) is 4.20. The highest BCUT2D eigenvalue weighted by molar-refractivity contribution is 5.99. The van der Waals surface area contributed by atoms with E-state index in [1.807, 2.05) is 6.07 Å². The summed E-state index contributed by atoms with van der Waals surface area (Å²) in [5.41, 5.74) is 11.7. The van der Waals surface area contributed by atoms with E-state index in [0.717, 1.165) is 38.2 Å². The number of nitrogen functional groups attached to an aromatic ring is 1. The molecule has 5 nitrogen and oxygen atoms in total. The molecule has 1 saturated heterocycles. The third-order valence-electron chi connectivity index (χ3n) is 4.20. The first-order valence-electron chi connectivity index (χ1n) is 8.19. The number of carbonyl (C=O) groups is 1. The largest absolute Gasteiger partial charge is 0.398 e. The Balaban J connectivity index is 1.50. The van der Waals surface area contributed by atoms with Crippen molar-refractivity contribution in [2.75, 3.05) is 18.8 Å². The molecule has 1 fully saturated rings. The summed E-state index contributed by atoms with van der Waals surface area (Å²) in [6, 6.07) is 17.5. The monoisotopic (exact) mass is 322 g/mol. The number of hydrogen-bond donors (Lipinski definition) is 2. The normalized spacial score (nSPS) is 15.1.